The summed E-state index contributed by atoms with van der Waals surface area (Å²) >= 11 is 0. The standard InChI is InChI=1S/C10H20O2/c1-4-6-8-11-10(3)12-9-7-5-2/h3-9H2,1-2H3. The van der Waals surface area contributed by atoms with Crippen LogP contribution in [0, 0.1) is 0 Å². The summed E-state index contributed by atoms with van der Waals surface area (Å²) in [7, 11) is 0. The van der Waals surface area contributed by atoms with E-state index in [-0.39, 0.29) is 0 Å². The smallest absolute Gasteiger partial charge is 0.271 e. The number of rotatable bonds is 8. The van der Waals surface area contributed by atoms with E-state index in [9.17, 15) is 0 Å². The normalized spacial score (nSPS) is 9.50. The van der Waals surface area contributed by atoms with E-state index in [0.29, 0.717) is 5.95 Å². The maximum absolute atomic E-state index is 5.21. The maximum atomic E-state index is 5.21. The zero-order chi connectivity index (χ0) is 9.23. The van der Waals surface area contributed by atoms with Crippen LogP contribution in [-0.4, -0.2) is 13.2 Å². The van der Waals surface area contributed by atoms with Crippen LogP contribution in [0.1, 0.15) is 39.5 Å². The van der Waals surface area contributed by atoms with Gasteiger partial charge in [-0.15, -0.1) is 0 Å². The van der Waals surface area contributed by atoms with Crippen LogP contribution in [0.3, 0.4) is 0 Å². The third-order valence-electron chi connectivity index (χ3n) is 1.52. The van der Waals surface area contributed by atoms with Crippen molar-refractivity contribution in [2.75, 3.05) is 13.2 Å². The average molecular weight is 172 g/mol. The topological polar surface area (TPSA) is 18.5 Å². The monoisotopic (exact) mass is 172 g/mol. The van der Waals surface area contributed by atoms with Crippen molar-refractivity contribution in [2.45, 2.75) is 39.5 Å². The third kappa shape index (κ3) is 7.45. The molecule has 0 spiro atoms. The van der Waals surface area contributed by atoms with Crippen molar-refractivity contribution < 1.29 is 9.47 Å². The van der Waals surface area contributed by atoms with Gasteiger partial charge in [0.25, 0.3) is 5.95 Å². The number of ether oxygens (including phenoxy) is 2. The maximum Gasteiger partial charge on any atom is 0.271 e. The second-order valence-corrected chi connectivity index (χ2v) is 2.78. The van der Waals surface area contributed by atoms with Crippen molar-refractivity contribution in [3.8, 4) is 0 Å². The van der Waals surface area contributed by atoms with Crippen LogP contribution in [0.25, 0.3) is 0 Å². The van der Waals surface area contributed by atoms with Gasteiger partial charge in [0.15, 0.2) is 0 Å². The lowest BCUT2D eigenvalue weighted by Gasteiger charge is -2.09. The van der Waals surface area contributed by atoms with Gasteiger partial charge in [0, 0.05) is 0 Å². The van der Waals surface area contributed by atoms with Gasteiger partial charge in [0.2, 0.25) is 0 Å². The van der Waals surface area contributed by atoms with Gasteiger partial charge in [-0.3, -0.25) is 0 Å². The molecule has 0 aliphatic rings. The summed E-state index contributed by atoms with van der Waals surface area (Å²) in [4.78, 5) is 0. The molecule has 0 atom stereocenters. The van der Waals surface area contributed by atoms with Crippen LogP contribution in [-0.2, 0) is 9.47 Å². The van der Waals surface area contributed by atoms with Crippen LogP contribution in [0.4, 0.5) is 0 Å². The lowest BCUT2D eigenvalue weighted by Crippen LogP contribution is -1.99. The summed E-state index contributed by atoms with van der Waals surface area (Å²) in [6.07, 6.45) is 4.41. The van der Waals surface area contributed by atoms with Crippen molar-refractivity contribution in [3.05, 3.63) is 12.5 Å². The van der Waals surface area contributed by atoms with E-state index in [4.69, 9.17) is 9.47 Å². The van der Waals surface area contributed by atoms with Crippen molar-refractivity contribution >= 4 is 0 Å². The molecule has 0 unspecified atom stereocenters. The fourth-order valence-corrected chi connectivity index (χ4v) is 0.702. The van der Waals surface area contributed by atoms with Crippen LogP contribution in [0.5, 0.6) is 0 Å². The Labute approximate surface area is 75.6 Å². The van der Waals surface area contributed by atoms with Crippen LogP contribution in [0.2, 0.25) is 0 Å². The van der Waals surface area contributed by atoms with Gasteiger partial charge < -0.3 is 9.47 Å². The summed E-state index contributed by atoms with van der Waals surface area (Å²) in [5.41, 5.74) is 0. The second kappa shape index (κ2) is 8.44. The van der Waals surface area contributed by atoms with Crippen LogP contribution >= 0.6 is 0 Å². The first-order valence-electron chi connectivity index (χ1n) is 4.75. The van der Waals surface area contributed by atoms with Gasteiger partial charge in [0.1, 0.15) is 0 Å². The number of hydrogen-bond donors (Lipinski definition) is 0. The van der Waals surface area contributed by atoms with Crippen LogP contribution < -0.4 is 0 Å². The van der Waals surface area contributed by atoms with E-state index in [1.807, 2.05) is 0 Å². The molecule has 0 saturated heterocycles. The summed E-state index contributed by atoms with van der Waals surface area (Å²) in [5.74, 6) is 0.469. The van der Waals surface area contributed by atoms with Gasteiger partial charge in [-0.2, -0.15) is 0 Å². The van der Waals surface area contributed by atoms with Gasteiger partial charge in [0.05, 0.1) is 13.2 Å². The van der Waals surface area contributed by atoms with E-state index >= 15 is 0 Å². The summed E-state index contributed by atoms with van der Waals surface area (Å²) in [6, 6.07) is 0. The summed E-state index contributed by atoms with van der Waals surface area (Å²) in [6.45, 7) is 9.36. The van der Waals surface area contributed by atoms with Crippen molar-refractivity contribution in [3.63, 3.8) is 0 Å². The highest BCUT2D eigenvalue weighted by atomic mass is 16.7. The minimum atomic E-state index is 0.469. The Bertz CT molecular complexity index is 98.4. The highest BCUT2D eigenvalue weighted by Gasteiger charge is 1.93. The first-order valence-corrected chi connectivity index (χ1v) is 4.75. The van der Waals surface area contributed by atoms with Gasteiger partial charge in [-0.1, -0.05) is 26.7 Å². The zero-order valence-corrected chi connectivity index (χ0v) is 8.27. The predicted molar refractivity (Wildman–Crippen MR) is 50.9 cm³/mol. The fourth-order valence-electron chi connectivity index (χ4n) is 0.702. The van der Waals surface area contributed by atoms with E-state index < -0.39 is 0 Å². The minimum absolute atomic E-state index is 0.469. The highest BCUT2D eigenvalue weighted by Crippen LogP contribution is 2.00. The molecule has 0 aromatic heterocycles. The highest BCUT2D eigenvalue weighted by molar-refractivity contribution is 4.67. The molecule has 0 amide bonds. The molecule has 0 heterocycles. The molecular weight excluding hydrogens is 152 g/mol. The molecule has 0 aliphatic carbocycles. The van der Waals surface area contributed by atoms with E-state index in [0.717, 1.165) is 38.9 Å². The molecule has 0 aromatic rings. The van der Waals surface area contributed by atoms with Gasteiger partial charge in [-0.05, 0) is 19.4 Å². The largest absolute Gasteiger partial charge is 0.466 e. The lowest BCUT2D eigenvalue weighted by atomic mass is 10.4. The fraction of sp³-hybridized carbons (Fsp3) is 0.800. The Morgan fingerprint density at radius 2 is 1.42 bits per heavy atom. The van der Waals surface area contributed by atoms with Gasteiger partial charge >= 0.3 is 0 Å². The Hall–Kier alpha value is -0.660. The summed E-state index contributed by atoms with van der Waals surface area (Å²) < 4.78 is 10.4. The molecule has 0 radical (unpaired) electrons. The lowest BCUT2D eigenvalue weighted by molar-refractivity contribution is 0.0349. The van der Waals surface area contributed by atoms with E-state index in [2.05, 4.69) is 20.4 Å². The second-order valence-electron chi connectivity index (χ2n) is 2.78. The van der Waals surface area contributed by atoms with Crippen molar-refractivity contribution in [1.29, 1.82) is 0 Å². The van der Waals surface area contributed by atoms with Crippen molar-refractivity contribution in [2.24, 2.45) is 0 Å². The molecule has 2 nitrogen and oxygen atoms in total. The minimum Gasteiger partial charge on any atom is -0.466 e. The Morgan fingerprint density at radius 1 is 1.00 bits per heavy atom. The summed E-state index contributed by atoms with van der Waals surface area (Å²) in [5, 5.41) is 0. The molecule has 2 heteroatoms. The molecule has 0 bridgehead atoms. The third-order valence-corrected chi connectivity index (χ3v) is 1.52. The molecule has 0 N–H and O–H groups in total. The Kier molecular flexibility index (Phi) is 7.97. The molecule has 12 heavy (non-hydrogen) atoms. The first-order chi connectivity index (χ1) is 5.81. The molecule has 0 rings (SSSR count). The molecule has 72 valence electrons. The quantitative estimate of drug-likeness (QED) is 0.414. The van der Waals surface area contributed by atoms with Crippen LogP contribution in [0.15, 0.2) is 12.5 Å². The molecular formula is C10H20O2. The zero-order valence-electron chi connectivity index (χ0n) is 8.27. The SMILES string of the molecule is C=C(OCCCC)OCCCC. The number of unbranched alkanes of at least 4 members (excludes halogenated alkanes) is 2. The van der Waals surface area contributed by atoms with E-state index in [1.165, 1.54) is 0 Å². The Balaban J connectivity index is 3.10. The molecule has 0 aliphatic heterocycles. The van der Waals surface area contributed by atoms with Gasteiger partial charge in [-0.25, -0.2) is 0 Å². The molecule has 0 fully saturated rings. The average Bonchev–Trinajstić information content (AvgIpc) is 2.06. The first kappa shape index (κ1) is 11.3. The molecule has 0 aromatic carbocycles. The predicted octanol–water partition coefficient (Wildman–Crippen LogP) is 3.09. The Morgan fingerprint density at radius 3 is 1.75 bits per heavy atom. The molecule has 0 saturated carbocycles. The number of hydrogen-bond acceptors (Lipinski definition) is 2. The van der Waals surface area contributed by atoms with Crippen molar-refractivity contribution in [1.82, 2.24) is 0 Å². The van der Waals surface area contributed by atoms with E-state index in [1.54, 1.807) is 0 Å².